The van der Waals surface area contributed by atoms with Gasteiger partial charge in [0.25, 0.3) is 0 Å². The lowest BCUT2D eigenvalue weighted by molar-refractivity contribution is -0.137. The fraction of sp³-hybridized carbons (Fsp3) is 0.211. The van der Waals surface area contributed by atoms with Crippen LogP contribution in [0, 0.1) is 0 Å². The molecular formula is C19H15F3N6O2S. The van der Waals surface area contributed by atoms with E-state index in [0.717, 1.165) is 23.0 Å². The summed E-state index contributed by atoms with van der Waals surface area (Å²) in [4.78, 5) is 31.8. The van der Waals surface area contributed by atoms with Crippen molar-refractivity contribution in [3.05, 3.63) is 47.3 Å². The van der Waals surface area contributed by atoms with Crippen LogP contribution in [-0.2, 0) is 17.4 Å². The fourth-order valence-electron chi connectivity index (χ4n) is 3.23. The molecule has 0 aliphatic heterocycles. The van der Waals surface area contributed by atoms with Crippen LogP contribution in [-0.4, -0.2) is 46.4 Å². The summed E-state index contributed by atoms with van der Waals surface area (Å²) in [5.41, 5.74) is 1.03. The number of carbonyl (C=O) groups is 2. The molecule has 160 valence electrons. The Labute approximate surface area is 177 Å². The highest BCUT2D eigenvalue weighted by molar-refractivity contribution is 7.19. The Morgan fingerprint density at radius 2 is 2.06 bits per heavy atom. The normalized spacial score (nSPS) is 12.2. The van der Waals surface area contributed by atoms with Crippen molar-refractivity contribution in [2.75, 3.05) is 18.4 Å². The van der Waals surface area contributed by atoms with Gasteiger partial charge in [-0.05, 0) is 18.9 Å². The Kier molecular flexibility index (Phi) is 5.31. The number of anilines is 1. The summed E-state index contributed by atoms with van der Waals surface area (Å²) in [6, 6.07) is 4.58. The van der Waals surface area contributed by atoms with Gasteiger partial charge in [0, 0.05) is 12.0 Å². The second-order valence-corrected chi connectivity index (χ2v) is 7.64. The largest absolute Gasteiger partial charge is 0.418 e. The van der Waals surface area contributed by atoms with Crippen LogP contribution in [0.2, 0.25) is 0 Å². The third-order valence-electron chi connectivity index (χ3n) is 4.51. The maximum absolute atomic E-state index is 13.5. The van der Waals surface area contributed by atoms with Gasteiger partial charge in [-0.2, -0.15) is 18.3 Å². The van der Waals surface area contributed by atoms with Crippen molar-refractivity contribution < 1.29 is 22.8 Å². The van der Waals surface area contributed by atoms with Gasteiger partial charge in [0.2, 0.25) is 0 Å². The molecule has 2 aromatic heterocycles. The van der Waals surface area contributed by atoms with Crippen LogP contribution in [0.5, 0.6) is 0 Å². The number of urea groups is 1. The molecule has 0 saturated carbocycles. The fourth-order valence-corrected chi connectivity index (χ4v) is 4.27. The minimum Gasteiger partial charge on any atom is -0.331 e. The summed E-state index contributed by atoms with van der Waals surface area (Å²) in [5.74, 6) is -0.302. The Balaban J connectivity index is 1.59. The van der Waals surface area contributed by atoms with Crippen LogP contribution < -0.4 is 10.6 Å². The van der Waals surface area contributed by atoms with Crippen LogP contribution in [0.3, 0.4) is 0 Å². The predicted octanol–water partition coefficient (Wildman–Crippen LogP) is 3.31. The zero-order valence-electron chi connectivity index (χ0n) is 15.9. The molecule has 1 aromatic carbocycles. The quantitative estimate of drug-likeness (QED) is 0.442. The first-order valence-electron chi connectivity index (χ1n) is 9.00. The van der Waals surface area contributed by atoms with Crippen molar-refractivity contribution in [2.45, 2.75) is 12.6 Å². The molecule has 0 atom stereocenters. The number of aliphatic imine (C=N–C) groups is 1. The number of amides is 2. The van der Waals surface area contributed by atoms with Gasteiger partial charge in [-0.1, -0.05) is 23.5 Å². The number of Topliss-reactive ketones (excluding diaryl/α,β-unsaturated/α-hetero) is 1. The molecule has 0 unspecified atom stereocenters. The maximum Gasteiger partial charge on any atom is 0.418 e. The highest BCUT2D eigenvalue weighted by atomic mass is 32.1. The maximum atomic E-state index is 13.5. The molecule has 0 spiro atoms. The standard InChI is InChI=1S/C19H15F3N6O2S/c1-23-8-11(29)9-24-17(30)27-18-26-13-6-10-7-25-28(15(10)16(13)31-18)14-5-3-2-4-12(14)19(20,21)22/h2-5,7H,1,6,8-9H2,(H2,24,26,27,30). The highest BCUT2D eigenvalue weighted by Gasteiger charge is 2.36. The molecule has 31 heavy (non-hydrogen) atoms. The number of para-hydroxylation sites is 1. The predicted molar refractivity (Wildman–Crippen MR) is 109 cm³/mol. The number of thiazole rings is 1. The zero-order valence-corrected chi connectivity index (χ0v) is 16.7. The summed E-state index contributed by atoms with van der Waals surface area (Å²) in [5, 5.41) is 9.35. The molecule has 8 nitrogen and oxygen atoms in total. The lowest BCUT2D eigenvalue weighted by atomic mass is 10.1. The summed E-state index contributed by atoms with van der Waals surface area (Å²) < 4.78 is 41.7. The van der Waals surface area contributed by atoms with Gasteiger partial charge in [0.1, 0.15) is 0 Å². The average molecular weight is 448 g/mol. The first-order valence-corrected chi connectivity index (χ1v) is 9.82. The number of aromatic nitrogens is 3. The van der Waals surface area contributed by atoms with E-state index in [1.54, 1.807) is 0 Å². The Bertz CT molecular complexity index is 1180. The summed E-state index contributed by atoms with van der Waals surface area (Å²) in [6.45, 7) is 2.90. The molecule has 3 aromatic rings. The SMILES string of the molecule is C=NCC(=O)CNC(=O)Nc1nc2c(s1)-c1c(cnn1-c1ccccc1C(F)(F)F)C2. The van der Waals surface area contributed by atoms with E-state index in [2.05, 4.69) is 32.4 Å². The molecule has 4 rings (SSSR count). The van der Waals surface area contributed by atoms with E-state index in [9.17, 15) is 22.8 Å². The third kappa shape index (κ3) is 4.06. The van der Waals surface area contributed by atoms with Crippen LogP contribution >= 0.6 is 11.3 Å². The Morgan fingerprint density at radius 3 is 2.81 bits per heavy atom. The first kappa shape index (κ1) is 20.7. The van der Waals surface area contributed by atoms with Gasteiger partial charge in [0.15, 0.2) is 10.9 Å². The smallest absolute Gasteiger partial charge is 0.331 e. The summed E-state index contributed by atoms with van der Waals surface area (Å²) >= 11 is 1.13. The molecule has 1 aliphatic rings. The number of hydrogen-bond donors (Lipinski definition) is 2. The van der Waals surface area contributed by atoms with Gasteiger partial charge in [0.05, 0.1) is 46.8 Å². The number of benzene rings is 1. The van der Waals surface area contributed by atoms with Crippen molar-refractivity contribution >= 4 is 35.0 Å². The number of nitrogens with zero attached hydrogens (tertiary/aromatic N) is 4. The molecule has 0 bridgehead atoms. The number of hydrogen-bond acceptors (Lipinski definition) is 6. The Morgan fingerprint density at radius 1 is 1.29 bits per heavy atom. The number of alkyl halides is 3. The van der Waals surface area contributed by atoms with E-state index in [-0.39, 0.29) is 29.7 Å². The van der Waals surface area contributed by atoms with Crippen molar-refractivity contribution in [1.82, 2.24) is 20.1 Å². The number of fused-ring (bicyclic) bond motifs is 3. The number of halogens is 3. The summed E-state index contributed by atoms with van der Waals surface area (Å²) in [6.07, 6.45) is -2.62. The van der Waals surface area contributed by atoms with Crippen molar-refractivity contribution in [3.8, 4) is 16.3 Å². The van der Waals surface area contributed by atoms with E-state index >= 15 is 0 Å². The van der Waals surface area contributed by atoms with Crippen LogP contribution in [0.4, 0.5) is 23.1 Å². The lowest BCUT2D eigenvalue weighted by Gasteiger charge is -2.14. The van der Waals surface area contributed by atoms with E-state index < -0.39 is 17.8 Å². The van der Waals surface area contributed by atoms with Crippen LogP contribution in [0.15, 0.2) is 35.5 Å². The van der Waals surface area contributed by atoms with E-state index in [0.29, 0.717) is 22.7 Å². The number of rotatable bonds is 6. The number of carbonyl (C=O) groups excluding carboxylic acids is 2. The van der Waals surface area contributed by atoms with Gasteiger partial charge in [-0.3, -0.25) is 15.1 Å². The van der Waals surface area contributed by atoms with E-state index in [4.69, 9.17) is 0 Å². The minimum absolute atomic E-state index is 0.0842. The molecule has 0 radical (unpaired) electrons. The topological polar surface area (TPSA) is 101 Å². The number of nitrogens with one attached hydrogen (secondary N) is 2. The molecule has 2 heterocycles. The summed E-state index contributed by atoms with van der Waals surface area (Å²) in [7, 11) is 0. The van der Waals surface area contributed by atoms with Gasteiger partial charge >= 0.3 is 12.2 Å². The van der Waals surface area contributed by atoms with Gasteiger partial charge in [-0.25, -0.2) is 14.5 Å². The highest BCUT2D eigenvalue weighted by Crippen LogP contribution is 2.44. The molecule has 1 aliphatic carbocycles. The van der Waals surface area contributed by atoms with Gasteiger partial charge < -0.3 is 5.32 Å². The van der Waals surface area contributed by atoms with Crippen LogP contribution in [0.25, 0.3) is 16.3 Å². The van der Waals surface area contributed by atoms with Crippen molar-refractivity contribution in [3.63, 3.8) is 0 Å². The molecule has 12 heteroatoms. The Hall–Kier alpha value is -3.54. The second-order valence-electron chi connectivity index (χ2n) is 6.64. The zero-order chi connectivity index (χ0) is 22.2. The molecule has 2 N–H and O–H groups in total. The van der Waals surface area contributed by atoms with Crippen molar-refractivity contribution in [2.24, 2.45) is 4.99 Å². The van der Waals surface area contributed by atoms with Crippen LogP contribution in [0.1, 0.15) is 16.8 Å². The average Bonchev–Trinajstić information content (AvgIpc) is 3.37. The molecule has 0 fully saturated rings. The molecule has 0 saturated heterocycles. The number of ketones is 1. The second kappa shape index (κ2) is 7.95. The molecular weight excluding hydrogens is 433 g/mol. The lowest BCUT2D eigenvalue weighted by Crippen LogP contribution is -2.34. The van der Waals surface area contributed by atoms with E-state index in [1.807, 2.05) is 0 Å². The van der Waals surface area contributed by atoms with Crippen molar-refractivity contribution in [1.29, 1.82) is 0 Å². The van der Waals surface area contributed by atoms with E-state index in [1.165, 1.54) is 29.1 Å². The minimum atomic E-state index is -4.53. The monoisotopic (exact) mass is 448 g/mol. The first-order chi connectivity index (χ1) is 14.8. The molecule has 2 amide bonds. The third-order valence-corrected chi connectivity index (χ3v) is 5.53. The van der Waals surface area contributed by atoms with Gasteiger partial charge in [-0.15, -0.1) is 0 Å².